The van der Waals surface area contributed by atoms with Crippen molar-refractivity contribution < 1.29 is 14.3 Å². The number of anilines is 1. The molecule has 1 fully saturated rings. The van der Waals surface area contributed by atoms with Gasteiger partial charge in [-0.3, -0.25) is 4.79 Å². The van der Waals surface area contributed by atoms with Gasteiger partial charge in [0.1, 0.15) is 11.5 Å². The molecule has 0 aliphatic carbocycles. The number of fused-ring (bicyclic) bond motifs is 1. The van der Waals surface area contributed by atoms with Gasteiger partial charge in [-0.1, -0.05) is 18.2 Å². The lowest BCUT2D eigenvalue weighted by molar-refractivity contribution is -0.137. The summed E-state index contributed by atoms with van der Waals surface area (Å²) in [6, 6.07) is 12.6. The van der Waals surface area contributed by atoms with Gasteiger partial charge in [0, 0.05) is 37.4 Å². The first-order valence-electron chi connectivity index (χ1n) is 9.52. The van der Waals surface area contributed by atoms with Gasteiger partial charge in [0.2, 0.25) is 0 Å². The van der Waals surface area contributed by atoms with E-state index >= 15 is 0 Å². The Labute approximate surface area is 160 Å². The Hall–Kier alpha value is -2.53. The highest BCUT2D eigenvalue weighted by atomic mass is 16.5. The second kappa shape index (κ2) is 7.24. The third-order valence-corrected chi connectivity index (χ3v) is 5.53. The van der Waals surface area contributed by atoms with Crippen LogP contribution in [-0.2, 0) is 11.2 Å². The zero-order chi connectivity index (χ0) is 19.0. The van der Waals surface area contributed by atoms with Crippen LogP contribution in [0.15, 0.2) is 36.4 Å². The third-order valence-electron chi connectivity index (χ3n) is 5.53. The molecular weight excluding hydrogens is 340 g/mol. The predicted octanol–water partition coefficient (Wildman–Crippen LogP) is 3.05. The summed E-state index contributed by atoms with van der Waals surface area (Å²) in [5.41, 5.74) is 4.20. The van der Waals surface area contributed by atoms with Crippen LogP contribution in [0.3, 0.4) is 0 Å². The fourth-order valence-electron chi connectivity index (χ4n) is 4.03. The summed E-state index contributed by atoms with van der Waals surface area (Å²) in [6.45, 7) is 7.07. The lowest BCUT2D eigenvalue weighted by atomic mass is 9.88. The molecule has 5 nitrogen and oxygen atoms in total. The number of methoxy groups -OCH3 is 1. The van der Waals surface area contributed by atoms with Gasteiger partial charge < -0.3 is 19.7 Å². The number of nitrogens with one attached hydrogen (secondary N) is 1. The molecule has 4 rings (SSSR count). The molecule has 142 valence electrons. The molecule has 2 aliphatic rings. The average Bonchev–Trinajstić information content (AvgIpc) is 2.67. The van der Waals surface area contributed by atoms with Crippen molar-refractivity contribution in [2.24, 2.45) is 0 Å². The number of carbonyl (C=O) groups is 1. The molecule has 0 aromatic heterocycles. The van der Waals surface area contributed by atoms with E-state index in [4.69, 9.17) is 9.47 Å². The van der Waals surface area contributed by atoms with Gasteiger partial charge in [0.15, 0.2) is 0 Å². The minimum atomic E-state index is -0.271. The number of ether oxygens (including phenoxy) is 2. The number of esters is 1. The standard InChI is InChI=1S/C22H26N2O3/c1-14-10-16(5-7-20(14)26-3)19-11-17-4-6-18(12-21(17)27-22(19)25)24-9-8-23-15(2)13-24/h4-7,10,12,15,19,23H,8-9,11,13H2,1-3H3/t15-,19?/m0/s1. The second-order valence-corrected chi connectivity index (χ2v) is 7.50. The number of carbonyl (C=O) groups excluding carboxylic acids is 1. The zero-order valence-corrected chi connectivity index (χ0v) is 16.1. The summed E-state index contributed by atoms with van der Waals surface area (Å²) >= 11 is 0. The molecule has 0 spiro atoms. The van der Waals surface area contributed by atoms with E-state index in [0.717, 1.165) is 47.8 Å². The van der Waals surface area contributed by atoms with E-state index in [2.05, 4.69) is 29.3 Å². The van der Waals surface area contributed by atoms with Crippen LogP contribution in [0.1, 0.15) is 29.5 Å². The molecule has 0 bridgehead atoms. The lowest BCUT2D eigenvalue weighted by Crippen LogP contribution is -2.49. The van der Waals surface area contributed by atoms with Crippen molar-refractivity contribution in [3.8, 4) is 11.5 Å². The molecule has 2 heterocycles. The quantitative estimate of drug-likeness (QED) is 0.668. The van der Waals surface area contributed by atoms with Crippen LogP contribution in [0, 0.1) is 6.92 Å². The molecular formula is C22H26N2O3. The van der Waals surface area contributed by atoms with Gasteiger partial charge in [0.05, 0.1) is 13.0 Å². The summed E-state index contributed by atoms with van der Waals surface area (Å²) in [5, 5.41) is 3.45. The summed E-state index contributed by atoms with van der Waals surface area (Å²) < 4.78 is 11.1. The van der Waals surface area contributed by atoms with Gasteiger partial charge in [-0.05, 0) is 49.1 Å². The summed E-state index contributed by atoms with van der Waals surface area (Å²) in [7, 11) is 1.66. The van der Waals surface area contributed by atoms with Crippen LogP contribution in [0.4, 0.5) is 5.69 Å². The zero-order valence-electron chi connectivity index (χ0n) is 16.1. The fraction of sp³-hybridized carbons (Fsp3) is 0.409. The van der Waals surface area contributed by atoms with Crippen molar-refractivity contribution >= 4 is 11.7 Å². The SMILES string of the molecule is COc1ccc(C2Cc3ccc(N4CCN[C@@H](C)C4)cc3OC2=O)cc1C. The van der Waals surface area contributed by atoms with Gasteiger partial charge in [-0.2, -0.15) is 0 Å². The smallest absolute Gasteiger partial charge is 0.319 e. The van der Waals surface area contributed by atoms with Crippen molar-refractivity contribution in [3.05, 3.63) is 53.1 Å². The molecule has 2 aromatic rings. The Kier molecular flexibility index (Phi) is 4.79. The Bertz CT molecular complexity index is 865. The maximum Gasteiger partial charge on any atom is 0.319 e. The molecule has 2 atom stereocenters. The molecule has 1 saturated heterocycles. The summed E-state index contributed by atoms with van der Waals surface area (Å²) in [6.07, 6.45) is 0.665. The summed E-state index contributed by atoms with van der Waals surface area (Å²) in [5.74, 6) is 1.08. The Morgan fingerprint density at radius 3 is 2.81 bits per heavy atom. The largest absolute Gasteiger partial charge is 0.496 e. The van der Waals surface area contributed by atoms with E-state index in [9.17, 15) is 4.79 Å². The number of benzene rings is 2. The molecule has 2 aromatic carbocycles. The van der Waals surface area contributed by atoms with E-state index in [0.29, 0.717) is 18.2 Å². The van der Waals surface area contributed by atoms with Crippen LogP contribution in [0.5, 0.6) is 11.5 Å². The first kappa shape index (κ1) is 17.9. The van der Waals surface area contributed by atoms with Crippen molar-refractivity contribution in [1.29, 1.82) is 0 Å². The Morgan fingerprint density at radius 1 is 1.22 bits per heavy atom. The fourth-order valence-corrected chi connectivity index (χ4v) is 4.03. The molecule has 0 amide bonds. The topological polar surface area (TPSA) is 50.8 Å². The first-order valence-corrected chi connectivity index (χ1v) is 9.52. The molecule has 5 heteroatoms. The molecule has 27 heavy (non-hydrogen) atoms. The van der Waals surface area contributed by atoms with Crippen molar-refractivity contribution in [1.82, 2.24) is 5.32 Å². The predicted molar refractivity (Wildman–Crippen MR) is 106 cm³/mol. The number of hydrogen-bond acceptors (Lipinski definition) is 5. The van der Waals surface area contributed by atoms with Crippen molar-refractivity contribution in [2.75, 3.05) is 31.6 Å². The highest BCUT2D eigenvalue weighted by molar-refractivity contribution is 5.83. The van der Waals surface area contributed by atoms with Crippen molar-refractivity contribution in [2.45, 2.75) is 32.2 Å². The molecule has 1 unspecified atom stereocenters. The molecule has 1 N–H and O–H groups in total. The van der Waals surface area contributed by atoms with E-state index in [-0.39, 0.29) is 11.9 Å². The second-order valence-electron chi connectivity index (χ2n) is 7.50. The highest BCUT2D eigenvalue weighted by Crippen LogP contribution is 2.37. The minimum Gasteiger partial charge on any atom is -0.496 e. The summed E-state index contributed by atoms with van der Waals surface area (Å²) in [4.78, 5) is 15.0. The maximum atomic E-state index is 12.7. The Balaban J connectivity index is 1.57. The normalized spacial score (nSPS) is 22.2. The Morgan fingerprint density at radius 2 is 2.07 bits per heavy atom. The van der Waals surface area contributed by atoms with Gasteiger partial charge in [-0.15, -0.1) is 0 Å². The number of aryl methyl sites for hydroxylation is 1. The van der Waals surface area contributed by atoms with E-state index in [1.54, 1.807) is 7.11 Å². The van der Waals surface area contributed by atoms with Crippen molar-refractivity contribution in [3.63, 3.8) is 0 Å². The van der Waals surface area contributed by atoms with E-state index < -0.39 is 0 Å². The number of piperazine rings is 1. The first-order chi connectivity index (χ1) is 13.0. The highest BCUT2D eigenvalue weighted by Gasteiger charge is 2.31. The van der Waals surface area contributed by atoms with Crippen LogP contribution >= 0.6 is 0 Å². The average molecular weight is 366 g/mol. The van der Waals surface area contributed by atoms with Gasteiger partial charge >= 0.3 is 5.97 Å². The molecule has 2 aliphatic heterocycles. The van der Waals surface area contributed by atoms with Gasteiger partial charge in [-0.25, -0.2) is 0 Å². The van der Waals surface area contributed by atoms with Crippen LogP contribution in [-0.4, -0.2) is 38.8 Å². The minimum absolute atomic E-state index is 0.183. The maximum absolute atomic E-state index is 12.7. The van der Waals surface area contributed by atoms with E-state index in [1.165, 1.54) is 0 Å². The van der Waals surface area contributed by atoms with Crippen LogP contribution in [0.25, 0.3) is 0 Å². The lowest BCUT2D eigenvalue weighted by Gasteiger charge is -2.34. The van der Waals surface area contributed by atoms with Gasteiger partial charge in [0.25, 0.3) is 0 Å². The monoisotopic (exact) mass is 366 g/mol. The number of rotatable bonds is 3. The van der Waals surface area contributed by atoms with E-state index in [1.807, 2.05) is 31.2 Å². The third kappa shape index (κ3) is 3.52. The van der Waals surface area contributed by atoms with Crippen LogP contribution in [0.2, 0.25) is 0 Å². The number of hydrogen-bond donors (Lipinski definition) is 1. The molecule has 0 saturated carbocycles. The number of nitrogens with zero attached hydrogens (tertiary/aromatic N) is 1. The van der Waals surface area contributed by atoms with Crippen LogP contribution < -0.4 is 19.7 Å². The molecule has 0 radical (unpaired) electrons.